The maximum atomic E-state index is 12.6. The predicted octanol–water partition coefficient (Wildman–Crippen LogP) is 1.59. The van der Waals surface area contributed by atoms with Gasteiger partial charge in [-0.1, -0.05) is 23.7 Å². The normalized spacial score (nSPS) is 14.9. The molecule has 0 aliphatic carbocycles. The summed E-state index contributed by atoms with van der Waals surface area (Å²) in [5.41, 5.74) is 0.811. The van der Waals surface area contributed by atoms with Crippen LogP contribution in [0.2, 0.25) is 5.02 Å². The molecular weight excluding hydrogens is 390 g/mol. The standard InChI is InChI=1S/C18H18ClN3O4S/c19-16-4-2-1-3-15(16)18(24)22-11-9-21(10-12-22)17(23)13-5-7-14(8-6-13)27(20,25)26/h1-8H,9-12H2,(H2,20,25,26). The van der Waals surface area contributed by atoms with Gasteiger partial charge >= 0.3 is 0 Å². The van der Waals surface area contributed by atoms with E-state index >= 15 is 0 Å². The van der Waals surface area contributed by atoms with Gasteiger partial charge in [0.25, 0.3) is 11.8 Å². The Morgan fingerprint density at radius 2 is 1.37 bits per heavy atom. The van der Waals surface area contributed by atoms with Crippen LogP contribution in [-0.2, 0) is 10.0 Å². The molecule has 0 radical (unpaired) electrons. The average molecular weight is 408 g/mol. The molecule has 2 aromatic rings. The lowest BCUT2D eigenvalue weighted by Crippen LogP contribution is -2.50. The maximum absolute atomic E-state index is 12.6. The minimum absolute atomic E-state index is 0.0470. The maximum Gasteiger partial charge on any atom is 0.255 e. The summed E-state index contributed by atoms with van der Waals surface area (Å²) in [6.45, 7) is 1.55. The second kappa shape index (κ2) is 7.67. The molecule has 9 heteroatoms. The molecule has 0 atom stereocenters. The molecule has 0 unspecified atom stereocenters. The first-order chi connectivity index (χ1) is 12.8. The van der Waals surface area contributed by atoms with Crippen molar-refractivity contribution in [3.63, 3.8) is 0 Å². The first-order valence-corrected chi connectivity index (χ1v) is 10.2. The second-order valence-electron chi connectivity index (χ2n) is 6.13. The van der Waals surface area contributed by atoms with Gasteiger partial charge in [0.2, 0.25) is 10.0 Å². The number of sulfonamides is 1. The number of carbonyl (C=O) groups excluding carboxylic acids is 2. The van der Waals surface area contributed by atoms with Gasteiger partial charge in [-0.25, -0.2) is 13.6 Å². The van der Waals surface area contributed by atoms with Crippen LogP contribution in [0, 0.1) is 0 Å². The molecule has 2 amide bonds. The molecule has 1 fully saturated rings. The third kappa shape index (κ3) is 4.29. The quantitative estimate of drug-likeness (QED) is 0.834. The van der Waals surface area contributed by atoms with E-state index in [-0.39, 0.29) is 16.7 Å². The fraction of sp³-hybridized carbons (Fsp3) is 0.222. The van der Waals surface area contributed by atoms with Crippen molar-refractivity contribution in [1.82, 2.24) is 9.80 Å². The van der Waals surface area contributed by atoms with Crippen molar-refractivity contribution in [3.8, 4) is 0 Å². The lowest BCUT2D eigenvalue weighted by molar-refractivity contribution is 0.0535. The van der Waals surface area contributed by atoms with Gasteiger partial charge in [-0.2, -0.15) is 0 Å². The lowest BCUT2D eigenvalue weighted by atomic mass is 10.1. The molecule has 1 aliphatic heterocycles. The smallest absolute Gasteiger partial charge is 0.255 e. The molecule has 1 saturated heterocycles. The fourth-order valence-electron chi connectivity index (χ4n) is 2.89. The third-order valence-corrected chi connectivity index (χ3v) is 5.65. The molecule has 0 aromatic heterocycles. The highest BCUT2D eigenvalue weighted by molar-refractivity contribution is 7.89. The van der Waals surface area contributed by atoms with Gasteiger partial charge in [0, 0.05) is 31.7 Å². The van der Waals surface area contributed by atoms with E-state index in [0.717, 1.165) is 0 Å². The van der Waals surface area contributed by atoms with Crippen molar-refractivity contribution in [1.29, 1.82) is 0 Å². The molecule has 3 rings (SSSR count). The average Bonchev–Trinajstić information content (AvgIpc) is 2.67. The summed E-state index contributed by atoms with van der Waals surface area (Å²) < 4.78 is 22.6. The molecule has 0 bridgehead atoms. The summed E-state index contributed by atoms with van der Waals surface area (Å²) in [6.07, 6.45) is 0. The zero-order chi connectivity index (χ0) is 19.6. The van der Waals surface area contributed by atoms with Gasteiger partial charge in [-0.3, -0.25) is 9.59 Å². The molecule has 27 heavy (non-hydrogen) atoms. The van der Waals surface area contributed by atoms with Crippen molar-refractivity contribution in [3.05, 3.63) is 64.7 Å². The van der Waals surface area contributed by atoms with E-state index in [1.807, 2.05) is 0 Å². The van der Waals surface area contributed by atoms with Crippen LogP contribution < -0.4 is 5.14 Å². The van der Waals surface area contributed by atoms with Crippen molar-refractivity contribution < 1.29 is 18.0 Å². The number of hydrogen-bond acceptors (Lipinski definition) is 4. The number of nitrogens with two attached hydrogens (primary N) is 1. The van der Waals surface area contributed by atoms with Crippen LogP contribution in [-0.4, -0.2) is 56.2 Å². The molecule has 1 aliphatic rings. The lowest BCUT2D eigenvalue weighted by Gasteiger charge is -2.35. The van der Waals surface area contributed by atoms with E-state index in [9.17, 15) is 18.0 Å². The van der Waals surface area contributed by atoms with E-state index in [2.05, 4.69) is 0 Å². The van der Waals surface area contributed by atoms with Crippen LogP contribution in [0.3, 0.4) is 0 Å². The minimum atomic E-state index is -3.80. The van der Waals surface area contributed by atoms with Crippen LogP contribution >= 0.6 is 11.6 Å². The van der Waals surface area contributed by atoms with Gasteiger partial charge < -0.3 is 9.80 Å². The van der Waals surface area contributed by atoms with Crippen molar-refractivity contribution in [2.24, 2.45) is 5.14 Å². The zero-order valence-electron chi connectivity index (χ0n) is 14.3. The summed E-state index contributed by atoms with van der Waals surface area (Å²) in [7, 11) is -3.80. The SMILES string of the molecule is NS(=O)(=O)c1ccc(C(=O)N2CCN(C(=O)c3ccccc3Cl)CC2)cc1. The highest BCUT2D eigenvalue weighted by Gasteiger charge is 2.26. The Hall–Kier alpha value is -2.42. The first-order valence-electron chi connectivity index (χ1n) is 8.23. The number of benzene rings is 2. The van der Waals surface area contributed by atoms with Crippen LogP contribution in [0.4, 0.5) is 0 Å². The topological polar surface area (TPSA) is 101 Å². The summed E-state index contributed by atoms with van der Waals surface area (Å²) in [6, 6.07) is 12.3. The molecule has 142 valence electrons. The largest absolute Gasteiger partial charge is 0.335 e. The number of nitrogens with zero attached hydrogens (tertiary/aromatic N) is 2. The summed E-state index contributed by atoms with van der Waals surface area (Å²) >= 11 is 6.08. The van der Waals surface area contributed by atoms with Crippen molar-refractivity contribution in [2.75, 3.05) is 26.2 Å². The van der Waals surface area contributed by atoms with Gasteiger partial charge in [-0.15, -0.1) is 0 Å². The highest BCUT2D eigenvalue weighted by Crippen LogP contribution is 2.19. The van der Waals surface area contributed by atoms with Gasteiger partial charge in [0.15, 0.2) is 0 Å². The van der Waals surface area contributed by atoms with E-state index in [1.165, 1.54) is 24.3 Å². The highest BCUT2D eigenvalue weighted by atomic mass is 35.5. The van der Waals surface area contributed by atoms with Crippen molar-refractivity contribution >= 4 is 33.4 Å². The zero-order valence-corrected chi connectivity index (χ0v) is 15.9. The summed E-state index contributed by atoms with van der Waals surface area (Å²) in [4.78, 5) is 28.4. The van der Waals surface area contributed by atoms with Crippen LogP contribution in [0.1, 0.15) is 20.7 Å². The second-order valence-corrected chi connectivity index (χ2v) is 8.10. The number of carbonyl (C=O) groups is 2. The Balaban J connectivity index is 1.64. The molecule has 2 aromatic carbocycles. The van der Waals surface area contributed by atoms with E-state index in [4.69, 9.17) is 16.7 Å². The van der Waals surface area contributed by atoms with Crippen molar-refractivity contribution in [2.45, 2.75) is 4.90 Å². The minimum Gasteiger partial charge on any atom is -0.335 e. The Morgan fingerprint density at radius 1 is 0.852 bits per heavy atom. The molecule has 0 spiro atoms. The van der Waals surface area contributed by atoms with Gasteiger partial charge in [0.1, 0.15) is 0 Å². The number of amides is 2. The Kier molecular flexibility index (Phi) is 5.50. The van der Waals surface area contributed by atoms with Crippen LogP contribution in [0.25, 0.3) is 0 Å². The van der Waals surface area contributed by atoms with Crippen LogP contribution in [0.5, 0.6) is 0 Å². The number of halogens is 1. The fourth-order valence-corrected chi connectivity index (χ4v) is 3.62. The molecule has 0 saturated carbocycles. The molecule has 2 N–H and O–H groups in total. The van der Waals surface area contributed by atoms with E-state index < -0.39 is 10.0 Å². The number of primary sulfonamides is 1. The molecule has 7 nitrogen and oxygen atoms in total. The van der Waals surface area contributed by atoms with E-state index in [1.54, 1.807) is 34.1 Å². The van der Waals surface area contributed by atoms with Gasteiger partial charge in [-0.05, 0) is 36.4 Å². The third-order valence-electron chi connectivity index (χ3n) is 4.39. The predicted molar refractivity (Wildman–Crippen MR) is 101 cm³/mol. The monoisotopic (exact) mass is 407 g/mol. The Morgan fingerprint density at radius 3 is 1.89 bits per heavy atom. The molecule has 1 heterocycles. The Labute approximate surface area is 162 Å². The summed E-state index contributed by atoms with van der Waals surface area (Å²) in [5, 5.41) is 5.46. The van der Waals surface area contributed by atoms with Crippen LogP contribution in [0.15, 0.2) is 53.4 Å². The number of rotatable bonds is 3. The van der Waals surface area contributed by atoms with Gasteiger partial charge in [0.05, 0.1) is 15.5 Å². The Bertz CT molecular complexity index is 968. The van der Waals surface area contributed by atoms with E-state index in [0.29, 0.717) is 42.3 Å². The summed E-state index contributed by atoms with van der Waals surface area (Å²) in [5.74, 6) is -0.383. The number of hydrogen-bond donors (Lipinski definition) is 1. The first kappa shape index (κ1) is 19.3. The molecular formula is C18H18ClN3O4S. The number of piperazine rings is 1.